The van der Waals surface area contributed by atoms with Gasteiger partial charge in [-0.3, -0.25) is 4.90 Å². The van der Waals surface area contributed by atoms with Crippen LogP contribution in [0.4, 0.5) is 0 Å². The van der Waals surface area contributed by atoms with Crippen molar-refractivity contribution in [2.45, 2.75) is 382 Å². The molecule has 384 valence electrons. The van der Waals surface area contributed by atoms with Crippen LogP contribution in [-0.2, 0) is 0 Å². The Morgan fingerprint density at radius 3 is 0.828 bits per heavy atom. The Balaban J connectivity index is 3.80. The molecule has 1 aliphatic heterocycles. The van der Waals surface area contributed by atoms with Gasteiger partial charge in [0, 0.05) is 11.1 Å². The summed E-state index contributed by atoms with van der Waals surface area (Å²) in [5, 5.41) is 0. The number of unbranched alkanes of at least 4 members (excludes halogenated alkanes) is 36. The predicted octanol–water partition coefficient (Wildman–Crippen LogP) is 22.9. The average molecular weight is 899 g/mol. The summed E-state index contributed by atoms with van der Waals surface area (Å²) in [5.41, 5.74) is 1.24. The fourth-order valence-corrected chi connectivity index (χ4v) is 13.7. The molecule has 0 radical (unpaired) electrons. The molecule has 0 aromatic rings. The summed E-state index contributed by atoms with van der Waals surface area (Å²) in [7, 11) is 0. The van der Waals surface area contributed by atoms with Crippen LogP contribution >= 0.6 is 0 Å². The molecule has 1 heterocycles. The Hall–Kier alpha value is -0.0400. The molecule has 0 saturated carbocycles. The first-order chi connectivity index (χ1) is 31.2. The van der Waals surface area contributed by atoms with Crippen LogP contribution in [0.1, 0.15) is 371 Å². The molecule has 1 heteroatoms. The second kappa shape index (κ2) is 39.8. The number of likely N-dealkylation sites (tertiary alicyclic amines) is 1. The number of rotatable bonds is 48. The molecule has 1 fully saturated rings. The summed E-state index contributed by atoms with van der Waals surface area (Å²) in [6.45, 7) is 27.1. The van der Waals surface area contributed by atoms with Gasteiger partial charge in [0.2, 0.25) is 0 Å². The van der Waals surface area contributed by atoms with E-state index in [2.05, 4.69) is 74.1 Å². The fourth-order valence-electron chi connectivity index (χ4n) is 13.7. The van der Waals surface area contributed by atoms with E-state index in [0.29, 0.717) is 11.0 Å². The largest absolute Gasteiger partial charge is 0.291 e. The molecule has 0 bridgehead atoms. The summed E-state index contributed by atoms with van der Waals surface area (Å²) in [4.78, 5) is 3.49. The molecule has 0 aliphatic carbocycles. The summed E-state index contributed by atoms with van der Waals surface area (Å²) in [6, 6.07) is 0. The predicted molar refractivity (Wildman–Crippen MR) is 294 cm³/mol. The van der Waals surface area contributed by atoms with Gasteiger partial charge in [-0.15, -0.1) is 0 Å². The Bertz CT molecular complexity index is 984. The van der Waals surface area contributed by atoms with Gasteiger partial charge in [-0.2, -0.15) is 0 Å². The van der Waals surface area contributed by atoms with Crippen molar-refractivity contribution in [1.29, 1.82) is 0 Å². The second-order valence-electron chi connectivity index (χ2n) is 23.5. The van der Waals surface area contributed by atoms with Crippen molar-refractivity contribution < 1.29 is 0 Å². The van der Waals surface area contributed by atoms with Crippen molar-refractivity contribution in [3.63, 3.8) is 0 Å². The van der Waals surface area contributed by atoms with E-state index in [4.69, 9.17) is 0 Å². The van der Waals surface area contributed by atoms with Gasteiger partial charge < -0.3 is 0 Å². The van der Waals surface area contributed by atoms with Crippen LogP contribution < -0.4 is 0 Å². The lowest BCUT2D eigenvalue weighted by atomic mass is 9.42. The zero-order valence-electron chi connectivity index (χ0n) is 47.0. The molecule has 64 heavy (non-hydrogen) atoms. The monoisotopic (exact) mass is 898 g/mol. The van der Waals surface area contributed by atoms with Crippen LogP contribution in [-0.4, -0.2) is 22.5 Å². The van der Waals surface area contributed by atoms with Crippen molar-refractivity contribution >= 4 is 0 Å². The van der Waals surface area contributed by atoms with Gasteiger partial charge in [0.1, 0.15) is 0 Å². The van der Waals surface area contributed by atoms with Crippen LogP contribution in [0, 0.1) is 16.7 Å². The van der Waals surface area contributed by atoms with E-state index >= 15 is 0 Å². The van der Waals surface area contributed by atoms with Crippen molar-refractivity contribution in [2.24, 2.45) is 16.7 Å². The molecule has 1 saturated heterocycles. The molecule has 4 unspecified atom stereocenters. The number of nitrogens with zero attached hydrogens (tertiary/aromatic N) is 1. The molecular weight excluding hydrogens is 771 g/mol. The first-order valence-electron chi connectivity index (χ1n) is 30.9. The van der Waals surface area contributed by atoms with E-state index in [0.717, 1.165) is 5.92 Å². The third kappa shape index (κ3) is 22.6. The number of piperidine rings is 1. The Morgan fingerprint density at radius 2 is 0.516 bits per heavy atom. The number of hydrogen-bond acceptors (Lipinski definition) is 1. The first-order valence-corrected chi connectivity index (χ1v) is 30.9. The normalized spacial score (nSPS) is 22.5. The zero-order chi connectivity index (χ0) is 47.1. The lowest BCUT2D eigenvalue weighted by molar-refractivity contribution is -0.249. The quantitative estimate of drug-likeness (QED) is 0.0550. The maximum absolute atomic E-state index is 3.49. The number of hydrogen-bond donors (Lipinski definition) is 0. The fraction of sp³-hybridized carbons (Fsp3) is 1.00. The first kappa shape index (κ1) is 62.0. The minimum absolute atomic E-state index is 0.241. The Kier molecular flexibility index (Phi) is 38.5. The van der Waals surface area contributed by atoms with E-state index in [1.54, 1.807) is 0 Å². The molecule has 1 aliphatic rings. The summed E-state index contributed by atoms with van der Waals surface area (Å²) in [6.07, 6.45) is 67.7. The molecule has 0 N–H and O–H groups in total. The maximum atomic E-state index is 3.49. The van der Waals surface area contributed by atoms with Gasteiger partial charge in [0.05, 0.1) is 0 Å². The Morgan fingerprint density at radius 1 is 0.281 bits per heavy atom. The molecule has 4 atom stereocenters. The van der Waals surface area contributed by atoms with E-state index in [1.165, 1.54) is 308 Å². The highest BCUT2D eigenvalue weighted by Crippen LogP contribution is 2.68. The van der Waals surface area contributed by atoms with Crippen LogP contribution in [0.2, 0.25) is 0 Å². The van der Waals surface area contributed by atoms with Gasteiger partial charge >= 0.3 is 0 Å². The highest BCUT2D eigenvalue weighted by atomic mass is 15.3. The SMILES string of the molecule is CCCCCCCCCCCCCCN1C(C)(CCCCCCCCCC)C(C)(C)C(C)C(CCCCCC)(CCCCCCC)C1(CCCCCCCC)CCCCCCCCC. The minimum atomic E-state index is 0.241. The van der Waals surface area contributed by atoms with Crippen LogP contribution in [0.3, 0.4) is 0 Å². The zero-order valence-corrected chi connectivity index (χ0v) is 47.0. The Labute approximate surface area is 408 Å². The maximum Gasteiger partial charge on any atom is 0.0274 e. The van der Waals surface area contributed by atoms with Crippen LogP contribution in [0.25, 0.3) is 0 Å². The topological polar surface area (TPSA) is 3.24 Å². The minimum Gasteiger partial charge on any atom is -0.291 e. The molecule has 0 amide bonds. The van der Waals surface area contributed by atoms with E-state index in [-0.39, 0.29) is 11.0 Å². The summed E-state index contributed by atoms with van der Waals surface area (Å²) >= 11 is 0. The lowest BCUT2D eigenvalue weighted by Crippen LogP contribution is -2.78. The summed E-state index contributed by atoms with van der Waals surface area (Å²) < 4.78 is 0. The third-order valence-electron chi connectivity index (χ3n) is 18.4. The molecule has 0 aromatic heterocycles. The summed E-state index contributed by atoms with van der Waals surface area (Å²) in [5.74, 6) is 0.745. The molecule has 1 nitrogen and oxygen atoms in total. The van der Waals surface area contributed by atoms with Crippen LogP contribution in [0.5, 0.6) is 0 Å². The second-order valence-corrected chi connectivity index (χ2v) is 23.5. The highest BCUT2D eigenvalue weighted by Gasteiger charge is 2.68. The van der Waals surface area contributed by atoms with Crippen LogP contribution in [0.15, 0.2) is 0 Å². The highest BCUT2D eigenvalue weighted by molar-refractivity contribution is 5.21. The van der Waals surface area contributed by atoms with E-state index in [9.17, 15) is 0 Å². The molecular formula is C63H127N. The van der Waals surface area contributed by atoms with Gasteiger partial charge in [0.15, 0.2) is 0 Å². The third-order valence-corrected chi connectivity index (χ3v) is 18.4. The van der Waals surface area contributed by atoms with Crippen molar-refractivity contribution in [3.05, 3.63) is 0 Å². The van der Waals surface area contributed by atoms with Crippen molar-refractivity contribution in [3.8, 4) is 0 Å². The van der Waals surface area contributed by atoms with Crippen molar-refractivity contribution in [2.75, 3.05) is 6.54 Å². The lowest BCUT2D eigenvalue weighted by Gasteiger charge is -2.75. The van der Waals surface area contributed by atoms with Gasteiger partial charge in [0.25, 0.3) is 0 Å². The van der Waals surface area contributed by atoms with Gasteiger partial charge in [-0.05, 0) is 68.7 Å². The van der Waals surface area contributed by atoms with E-state index < -0.39 is 0 Å². The average Bonchev–Trinajstić information content (AvgIpc) is 3.29. The van der Waals surface area contributed by atoms with Gasteiger partial charge in [-0.1, -0.05) is 326 Å². The molecule has 0 spiro atoms. The van der Waals surface area contributed by atoms with Crippen molar-refractivity contribution in [1.82, 2.24) is 4.90 Å². The molecule has 1 rings (SSSR count). The smallest absolute Gasteiger partial charge is 0.0274 e. The molecule has 0 aromatic carbocycles. The van der Waals surface area contributed by atoms with Gasteiger partial charge in [-0.25, -0.2) is 0 Å². The van der Waals surface area contributed by atoms with E-state index in [1.807, 2.05) is 0 Å². The standard InChI is InChI=1S/C63H127N/c1-11-17-23-29-33-35-36-37-38-41-46-52-58-64-61(10,53-47-43-40-34-30-24-18-12-2)60(8,9)59(7)62(54-48-28-22-16-6,55-49-42-27-21-15-5)63(64,56-50-44-32-26-20-14-4)57-51-45-39-31-25-19-13-3/h59H,11-58H2,1-10H3.